The largest absolute Gasteiger partial charge is 0.355 e. The Hall–Kier alpha value is -4.30. The number of hydrogen-bond acceptors (Lipinski definition) is 2. The Balaban J connectivity index is 1.70. The van der Waals surface area contributed by atoms with Crippen LogP contribution >= 0.6 is 0 Å². The average molecular weight is 441 g/mol. The first-order chi connectivity index (χ1) is 16.7. The number of aryl methyl sites for hydroxylation is 2. The van der Waals surface area contributed by atoms with Crippen LogP contribution in [0.5, 0.6) is 0 Å². The number of rotatable bonds is 6. The van der Waals surface area contributed by atoms with Gasteiger partial charge in [0.1, 0.15) is 0 Å². The molecule has 0 saturated carbocycles. The highest BCUT2D eigenvalue weighted by Gasteiger charge is 2.14. The third kappa shape index (κ3) is 4.87. The van der Waals surface area contributed by atoms with Crippen LogP contribution in [0.4, 0.5) is 22.7 Å². The monoisotopic (exact) mass is 440 g/mol. The summed E-state index contributed by atoms with van der Waals surface area (Å²) in [5, 5.41) is 7.34. The molecule has 0 aliphatic rings. The van der Waals surface area contributed by atoms with Gasteiger partial charge < -0.3 is 10.6 Å². The van der Waals surface area contributed by atoms with E-state index in [0.29, 0.717) is 0 Å². The quantitative estimate of drug-likeness (QED) is 0.275. The Bertz CT molecular complexity index is 1260. The van der Waals surface area contributed by atoms with E-state index in [0.717, 1.165) is 33.9 Å². The number of benzene rings is 5. The van der Waals surface area contributed by atoms with Gasteiger partial charge in [0.25, 0.3) is 0 Å². The Morgan fingerprint density at radius 2 is 0.765 bits per heavy atom. The van der Waals surface area contributed by atoms with E-state index in [9.17, 15) is 0 Å². The van der Waals surface area contributed by atoms with Crippen molar-refractivity contribution in [1.29, 1.82) is 0 Å². The van der Waals surface area contributed by atoms with Crippen LogP contribution in [0.3, 0.4) is 0 Å². The van der Waals surface area contributed by atoms with E-state index in [1.807, 2.05) is 12.1 Å². The highest BCUT2D eigenvalue weighted by atomic mass is 14.9. The van der Waals surface area contributed by atoms with E-state index in [4.69, 9.17) is 0 Å². The Morgan fingerprint density at radius 3 is 1.12 bits per heavy atom. The average Bonchev–Trinajstić information content (AvgIpc) is 2.87. The van der Waals surface area contributed by atoms with Crippen molar-refractivity contribution >= 4 is 22.7 Å². The summed E-state index contributed by atoms with van der Waals surface area (Å²) in [6, 6.07) is 42.7. The molecule has 0 radical (unpaired) electrons. The highest BCUT2D eigenvalue weighted by Crippen LogP contribution is 2.41. The molecule has 0 unspecified atom stereocenters. The lowest BCUT2D eigenvalue weighted by atomic mass is 9.95. The molecule has 0 bridgehead atoms. The van der Waals surface area contributed by atoms with E-state index in [1.165, 1.54) is 22.3 Å². The van der Waals surface area contributed by atoms with Crippen molar-refractivity contribution in [2.24, 2.45) is 0 Å². The summed E-state index contributed by atoms with van der Waals surface area (Å²) >= 11 is 0. The minimum Gasteiger partial charge on any atom is -0.355 e. The molecule has 0 aromatic heterocycles. The molecule has 34 heavy (non-hydrogen) atoms. The van der Waals surface area contributed by atoms with Crippen LogP contribution in [0.1, 0.15) is 11.1 Å². The third-order valence-electron chi connectivity index (χ3n) is 5.99. The first-order valence-corrected chi connectivity index (χ1v) is 11.6. The van der Waals surface area contributed by atoms with Crippen molar-refractivity contribution < 1.29 is 0 Å². The molecular formula is C32H28N2. The smallest absolute Gasteiger partial charge is 0.0471 e. The molecule has 0 aliphatic heterocycles. The van der Waals surface area contributed by atoms with Crippen LogP contribution in [0, 0.1) is 13.8 Å². The molecule has 5 aromatic carbocycles. The van der Waals surface area contributed by atoms with Gasteiger partial charge in [-0.1, -0.05) is 96.1 Å². The SMILES string of the molecule is Cc1ccc(-c2cc(Nc3ccccc3)c(-c3ccc(C)cc3)cc2Nc2ccccc2)cc1. The van der Waals surface area contributed by atoms with Gasteiger partial charge in [-0.3, -0.25) is 0 Å². The molecule has 2 nitrogen and oxygen atoms in total. The van der Waals surface area contributed by atoms with Gasteiger partial charge in [0, 0.05) is 33.9 Å². The van der Waals surface area contributed by atoms with Crippen molar-refractivity contribution in [3.05, 3.63) is 132 Å². The number of para-hydroxylation sites is 2. The van der Waals surface area contributed by atoms with Crippen molar-refractivity contribution in [2.75, 3.05) is 10.6 Å². The van der Waals surface area contributed by atoms with Gasteiger partial charge in [-0.05, 0) is 61.4 Å². The predicted molar refractivity (Wildman–Crippen MR) is 146 cm³/mol. The van der Waals surface area contributed by atoms with Crippen molar-refractivity contribution in [1.82, 2.24) is 0 Å². The Kier molecular flexibility index (Phi) is 6.13. The second-order valence-corrected chi connectivity index (χ2v) is 8.66. The van der Waals surface area contributed by atoms with Gasteiger partial charge in [0.15, 0.2) is 0 Å². The normalized spacial score (nSPS) is 10.6. The third-order valence-corrected chi connectivity index (χ3v) is 5.99. The summed E-state index contributed by atoms with van der Waals surface area (Å²) in [6.07, 6.45) is 0. The first kappa shape index (κ1) is 21.5. The maximum atomic E-state index is 3.67. The van der Waals surface area contributed by atoms with Crippen molar-refractivity contribution in [3.8, 4) is 22.3 Å². The summed E-state index contributed by atoms with van der Waals surface area (Å²) < 4.78 is 0. The molecule has 2 N–H and O–H groups in total. The fourth-order valence-electron chi connectivity index (χ4n) is 4.10. The first-order valence-electron chi connectivity index (χ1n) is 11.6. The van der Waals surface area contributed by atoms with E-state index >= 15 is 0 Å². The fraction of sp³-hybridized carbons (Fsp3) is 0.0625. The topological polar surface area (TPSA) is 24.1 Å². The molecule has 166 valence electrons. The van der Waals surface area contributed by atoms with E-state index < -0.39 is 0 Å². The number of anilines is 4. The minimum atomic E-state index is 1.06. The van der Waals surface area contributed by atoms with Gasteiger partial charge in [0.05, 0.1) is 0 Å². The standard InChI is InChI=1S/C32H28N2/c1-23-13-17-25(18-14-23)29-21-32(34-28-11-7-4-8-12-28)30(26-19-15-24(2)16-20-26)22-31(29)33-27-9-5-3-6-10-27/h3-22,33-34H,1-2H3. The highest BCUT2D eigenvalue weighted by molar-refractivity contribution is 5.93. The summed E-state index contributed by atoms with van der Waals surface area (Å²) in [5.41, 5.74) is 11.4. The van der Waals surface area contributed by atoms with Gasteiger partial charge in [0.2, 0.25) is 0 Å². The predicted octanol–water partition coefficient (Wildman–Crippen LogP) is 9.12. The molecule has 0 atom stereocenters. The minimum absolute atomic E-state index is 1.06. The summed E-state index contributed by atoms with van der Waals surface area (Å²) in [5.74, 6) is 0. The lowest BCUT2D eigenvalue weighted by Crippen LogP contribution is -1.99. The van der Waals surface area contributed by atoms with Crippen LogP contribution in [-0.4, -0.2) is 0 Å². The zero-order valence-corrected chi connectivity index (χ0v) is 19.5. The molecule has 2 heteroatoms. The van der Waals surface area contributed by atoms with Gasteiger partial charge in [-0.15, -0.1) is 0 Å². The van der Waals surface area contributed by atoms with E-state index in [1.54, 1.807) is 0 Å². The molecule has 0 spiro atoms. The molecule has 0 heterocycles. The van der Waals surface area contributed by atoms with Crippen LogP contribution in [0.15, 0.2) is 121 Å². The van der Waals surface area contributed by atoms with Crippen molar-refractivity contribution in [2.45, 2.75) is 13.8 Å². The Morgan fingerprint density at radius 1 is 0.412 bits per heavy atom. The lowest BCUT2D eigenvalue weighted by molar-refractivity contribution is 1.45. The van der Waals surface area contributed by atoms with Crippen LogP contribution < -0.4 is 10.6 Å². The Labute approximate surface area is 201 Å². The zero-order chi connectivity index (χ0) is 23.3. The van der Waals surface area contributed by atoms with Crippen LogP contribution in [-0.2, 0) is 0 Å². The second kappa shape index (κ2) is 9.68. The van der Waals surface area contributed by atoms with Crippen LogP contribution in [0.25, 0.3) is 22.3 Å². The zero-order valence-electron chi connectivity index (χ0n) is 19.5. The molecule has 5 aromatic rings. The molecular weight excluding hydrogens is 412 g/mol. The molecule has 0 aliphatic carbocycles. The maximum Gasteiger partial charge on any atom is 0.0471 e. The fourth-order valence-corrected chi connectivity index (χ4v) is 4.10. The van der Waals surface area contributed by atoms with Crippen LogP contribution in [0.2, 0.25) is 0 Å². The van der Waals surface area contributed by atoms with Crippen molar-refractivity contribution in [3.63, 3.8) is 0 Å². The molecule has 0 fully saturated rings. The molecule has 5 rings (SSSR count). The summed E-state index contributed by atoms with van der Waals surface area (Å²) in [7, 11) is 0. The van der Waals surface area contributed by atoms with E-state index in [-0.39, 0.29) is 0 Å². The maximum absolute atomic E-state index is 3.67. The number of hydrogen-bond donors (Lipinski definition) is 2. The summed E-state index contributed by atoms with van der Waals surface area (Å²) in [4.78, 5) is 0. The lowest BCUT2D eigenvalue weighted by Gasteiger charge is -2.20. The number of nitrogens with one attached hydrogen (secondary N) is 2. The van der Waals surface area contributed by atoms with Gasteiger partial charge in [-0.25, -0.2) is 0 Å². The van der Waals surface area contributed by atoms with E-state index in [2.05, 4.69) is 134 Å². The van der Waals surface area contributed by atoms with Gasteiger partial charge >= 0.3 is 0 Å². The molecule has 0 amide bonds. The summed E-state index contributed by atoms with van der Waals surface area (Å²) in [6.45, 7) is 4.24. The second-order valence-electron chi connectivity index (χ2n) is 8.66. The van der Waals surface area contributed by atoms with Gasteiger partial charge in [-0.2, -0.15) is 0 Å². The molecule has 0 saturated heterocycles.